The van der Waals surface area contributed by atoms with Gasteiger partial charge >= 0.3 is 0 Å². The predicted molar refractivity (Wildman–Crippen MR) is 97.5 cm³/mol. The number of halogens is 1. The van der Waals surface area contributed by atoms with Crippen molar-refractivity contribution in [3.8, 4) is 0 Å². The second-order valence-corrected chi connectivity index (χ2v) is 7.91. The summed E-state index contributed by atoms with van der Waals surface area (Å²) in [7, 11) is -1.72. The van der Waals surface area contributed by atoms with Gasteiger partial charge in [-0.3, -0.25) is 0 Å². The molecule has 0 amide bonds. The lowest BCUT2D eigenvalue weighted by atomic mass is 9.74. The van der Waals surface area contributed by atoms with Crippen LogP contribution in [0.4, 0.5) is 0 Å². The molecule has 2 aromatic heterocycles. The normalized spacial score (nSPS) is 11.8. The summed E-state index contributed by atoms with van der Waals surface area (Å²) in [6.45, 7) is 3.85. The van der Waals surface area contributed by atoms with E-state index < -0.39 is 10.0 Å². The molecule has 0 saturated heterocycles. The van der Waals surface area contributed by atoms with Gasteiger partial charge in [0.25, 0.3) is 10.0 Å². The van der Waals surface area contributed by atoms with Gasteiger partial charge in [-0.25, -0.2) is 17.4 Å². The van der Waals surface area contributed by atoms with Crippen molar-refractivity contribution in [2.75, 3.05) is 0 Å². The van der Waals surface area contributed by atoms with Gasteiger partial charge in [-0.05, 0) is 47.7 Å². The van der Waals surface area contributed by atoms with Crippen LogP contribution in [0, 0.1) is 10.6 Å². The van der Waals surface area contributed by atoms with Crippen molar-refractivity contribution in [2.45, 2.75) is 18.6 Å². The average molecular weight is 423 g/mol. The Hall–Kier alpha value is -1.35. The van der Waals surface area contributed by atoms with Gasteiger partial charge in [0.05, 0.1) is 8.60 Å². The molecule has 1 aromatic carbocycles. The Morgan fingerprint density at radius 2 is 1.86 bits per heavy atom. The Bertz CT molecular complexity index is 950. The van der Waals surface area contributed by atoms with Gasteiger partial charge in [0, 0.05) is 11.6 Å². The second-order valence-electron chi connectivity index (χ2n) is 5.02. The zero-order valence-corrected chi connectivity index (χ0v) is 15.1. The van der Waals surface area contributed by atoms with Crippen LogP contribution in [-0.4, -0.2) is 24.7 Å². The third-order valence-electron chi connectivity index (χ3n) is 3.47. The van der Waals surface area contributed by atoms with E-state index in [1.807, 2.05) is 55.7 Å². The number of rotatable bonds is 3. The molecular weight excluding hydrogens is 410 g/mol. The highest BCUT2D eigenvalue weighted by Crippen LogP contribution is 2.25. The van der Waals surface area contributed by atoms with Crippen LogP contribution in [0.3, 0.4) is 0 Å². The minimum atomic E-state index is -3.65. The summed E-state index contributed by atoms with van der Waals surface area (Å²) in [4.78, 5) is 4.60. The quantitative estimate of drug-likeness (QED) is 0.481. The van der Waals surface area contributed by atoms with E-state index in [2.05, 4.69) is 4.98 Å². The molecule has 1 radical (unpaired) electrons. The fourth-order valence-electron chi connectivity index (χ4n) is 2.26. The molecule has 4 nitrogen and oxygen atoms in total. The highest BCUT2D eigenvalue weighted by molar-refractivity contribution is 14.1. The predicted octanol–water partition coefficient (Wildman–Crippen LogP) is 2.56. The lowest BCUT2D eigenvalue weighted by Gasteiger charge is -2.09. The maximum absolute atomic E-state index is 12.9. The van der Waals surface area contributed by atoms with Crippen LogP contribution >= 0.6 is 22.6 Å². The molecule has 0 N–H and O–H groups in total. The van der Waals surface area contributed by atoms with E-state index in [0.29, 0.717) is 9.35 Å². The average Bonchev–Trinajstić information content (AvgIpc) is 2.83. The molecule has 22 heavy (non-hydrogen) atoms. The number of fused-ring (bicyclic) bond motifs is 1. The maximum Gasteiger partial charge on any atom is 0.270 e. The Kier molecular flexibility index (Phi) is 4.02. The lowest BCUT2D eigenvalue weighted by molar-refractivity contribution is 0.588. The van der Waals surface area contributed by atoms with Crippen molar-refractivity contribution < 1.29 is 8.42 Å². The van der Waals surface area contributed by atoms with Gasteiger partial charge in [0.1, 0.15) is 7.28 Å². The summed E-state index contributed by atoms with van der Waals surface area (Å²) in [6, 6.07) is 10.6. The Morgan fingerprint density at radius 3 is 2.50 bits per heavy atom. The van der Waals surface area contributed by atoms with E-state index in [0.717, 1.165) is 16.4 Å². The fraction of sp³-hybridized carbons (Fsp3) is 0.133. The molecule has 3 rings (SSSR count). The molecule has 7 heteroatoms. The molecule has 111 valence electrons. The molecule has 0 spiro atoms. The van der Waals surface area contributed by atoms with Crippen LogP contribution in [0.1, 0.15) is 5.56 Å². The first kappa shape index (κ1) is 15.5. The minimum Gasteiger partial charge on any atom is -0.238 e. The van der Waals surface area contributed by atoms with Gasteiger partial charge in [-0.15, -0.1) is 0 Å². The van der Waals surface area contributed by atoms with Gasteiger partial charge in [0.2, 0.25) is 0 Å². The zero-order chi connectivity index (χ0) is 15.9. The van der Waals surface area contributed by atoms with Crippen molar-refractivity contribution >= 4 is 56.4 Å². The van der Waals surface area contributed by atoms with Crippen LogP contribution in [0.5, 0.6) is 0 Å². The van der Waals surface area contributed by atoms with Gasteiger partial charge in [0.15, 0.2) is 5.65 Å². The number of hydrogen-bond donors (Lipinski definition) is 0. The molecule has 0 saturated carbocycles. The Labute approximate surface area is 144 Å². The topological polar surface area (TPSA) is 52.0 Å². The molecular formula is C15H13BIN2O2S. The van der Waals surface area contributed by atoms with Crippen molar-refractivity contribution in [2.24, 2.45) is 0 Å². The van der Waals surface area contributed by atoms with E-state index in [9.17, 15) is 8.42 Å². The summed E-state index contributed by atoms with van der Waals surface area (Å²) in [5.41, 5.74) is 2.44. The third-order valence-corrected chi connectivity index (χ3v) is 6.31. The van der Waals surface area contributed by atoms with Crippen LogP contribution in [0.15, 0.2) is 47.5 Å². The first-order valence-electron chi connectivity index (χ1n) is 6.72. The first-order chi connectivity index (χ1) is 10.4. The number of pyridine rings is 1. The highest BCUT2D eigenvalue weighted by atomic mass is 127. The number of aromatic nitrogens is 2. The summed E-state index contributed by atoms with van der Waals surface area (Å²) < 4.78 is 27.7. The summed E-state index contributed by atoms with van der Waals surface area (Å²) in [5, 5.41) is 0.815. The van der Waals surface area contributed by atoms with Crippen LogP contribution in [0.2, 0.25) is 6.82 Å². The molecule has 0 unspecified atom stereocenters. The number of aryl methyl sites for hydroxylation is 1. The second kappa shape index (κ2) is 5.70. The molecule has 3 aromatic rings. The van der Waals surface area contributed by atoms with Gasteiger partial charge in [-0.1, -0.05) is 36.0 Å². The summed E-state index contributed by atoms with van der Waals surface area (Å²) >= 11 is 2.03. The first-order valence-corrected chi connectivity index (χ1v) is 9.24. The van der Waals surface area contributed by atoms with Crippen molar-refractivity contribution in [1.29, 1.82) is 0 Å². The number of nitrogens with zero attached hydrogens (tertiary/aromatic N) is 2. The molecule has 0 atom stereocenters. The molecule has 0 bridgehead atoms. The third kappa shape index (κ3) is 2.56. The van der Waals surface area contributed by atoms with Crippen LogP contribution in [0.25, 0.3) is 11.0 Å². The standard InChI is InChI=1S/C15H13BIN2O2S/c1-10-3-5-13(6-4-10)22(20,21)19-14(17)8-11-7-12(16-2)9-18-15(11)19/h3-9H,1-2H3. The summed E-state index contributed by atoms with van der Waals surface area (Å²) in [5.74, 6) is 0. The Balaban J connectivity index is 2.24. The van der Waals surface area contributed by atoms with Gasteiger partial charge < -0.3 is 0 Å². The number of benzene rings is 1. The van der Waals surface area contributed by atoms with Gasteiger partial charge in [-0.2, -0.15) is 0 Å². The van der Waals surface area contributed by atoms with E-state index in [1.165, 1.54) is 3.97 Å². The zero-order valence-electron chi connectivity index (χ0n) is 12.1. The monoisotopic (exact) mass is 423 g/mol. The fourth-order valence-corrected chi connectivity index (χ4v) is 4.95. The molecule has 0 aliphatic heterocycles. The van der Waals surface area contributed by atoms with E-state index >= 15 is 0 Å². The number of hydrogen-bond acceptors (Lipinski definition) is 3. The molecule has 2 heterocycles. The van der Waals surface area contributed by atoms with E-state index in [-0.39, 0.29) is 4.90 Å². The van der Waals surface area contributed by atoms with Crippen molar-refractivity contribution in [3.05, 3.63) is 51.9 Å². The van der Waals surface area contributed by atoms with Crippen molar-refractivity contribution in [1.82, 2.24) is 8.96 Å². The Morgan fingerprint density at radius 1 is 1.18 bits per heavy atom. The van der Waals surface area contributed by atoms with Crippen LogP contribution in [-0.2, 0) is 10.0 Å². The smallest absolute Gasteiger partial charge is 0.238 e. The maximum atomic E-state index is 12.9. The molecule has 0 fully saturated rings. The molecule has 0 aliphatic carbocycles. The van der Waals surface area contributed by atoms with E-state index in [4.69, 9.17) is 0 Å². The summed E-state index contributed by atoms with van der Waals surface area (Å²) in [6.07, 6.45) is 1.68. The lowest BCUT2D eigenvalue weighted by Crippen LogP contribution is -2.16. The molecule has 0 aliphatic rings. The highest BCUT2D eigenvalue weighted by Gasteiger charge is 2.22. The van der Waals surface area contributed by atoms with Crippen LogP contribution < -0.4 is 5.46 Å². The van der Waals surface area contributed by atoms with Crippen molar-refractivity contribution in [3.63, 3.8) is 0 Å². The largest absolute Gasteiger partial charge is 0.270 e. The minimum absolute atomic E-state index is 0.265. The SMILES string of the molecule is C[B]c1cnc2c(c1)cc(I)n2S(=O)(=O)c1ccc(C)cc1. The van der Waals surface area contributed by atoms with E-state index in [1.54, 1.807) is 30.5 Å².